The Hall–Kier alpha value is -0.630. The van der Waals surface area contributed by atoms with E-state index in [1.807, 2.05) is 12.4 Å². The van der Waals surface area contributed by atoms with Gasteiger partial charge in [0.2, 0.25) is 0 Å². The summed E-state index contributed by atoms with van der Waals surface area (Å²) in [5.41, 5.74) is 4.35. The third-order valence-electron chi connectivity index (χ3n) is 1.54. The lowest BCUT2D eigenvalue weighted by Gasteiger charge is -1.94. The Labute approximate surface area is 65.4 Å². The van der Waals surface area contributed by atoms with Crippen molar-refractivity contribution in [3.05, 3.63) is 22.2 Å². The van der Waals surface area contributed by atoms with Crippen molar-refractivity contribution in [1.29, 1.82) is 0 Å². The minimum absolute atomic E-state index is 1.14. The third kappa shape index (κ3) is 1.27. The van der Waals surface area contributed by atoms with Gasteiger partial charge >= 0.3 is 0 Å². The van der Waals surface area contributed by atoms with Crippen molar-refractivity contribution >= 4 is 16.9 Å². The summed E-state index contributed by atoms with van der Waals surface area (Å²) in [4.78, 5) is 5.47. The predicted molar refractivity (Wildman–Crippen MR) is 46.2 cm³/mol. The maximum Gasteiger partial charge on any atom is 0.0801 e. The second kappa shape index (κ2) is 2.97. The van der Waals surface area contributed by atoms with Crippen molar-refractivity contribution in [2.24, 2.45) is 0 Å². The van der Waals surface area contributed by atoms with Crippen molar-refractivity contribution in [2.45, 2.75) is 20.8 Å². The van der Waals surface area contributed by atoms with Crippen molar-refractivity contribution in [3.8, 4) is 0 Å². The Kier molecular flexibility index (Phi) is 2.22. The van der Waals surface area contributed by atoms with Gasteiger partial charge in [-0.25, -0.2) is 4.98 Å². The van der Waals surface area contributed by atoms with Crippen LogP contribution in [-0.4, -0.2) is 4.98 Å². The fourth-order valence-electron chi connectivity index (χ4n) is 0.811. The normalized spacial score (nSPS) is 12.1. The van der Waals surface area contributed by atoms with Gasteiger partial charge in [0.05, 0.1) is 16.1 Å². The highest BCUT2D eigenvalue weighted by Crippen LogP contribution is 2.21. The molecule has 0 bridgehead atoms. The van der Waals surface area contributed by atoms with Gasteiger partial charge in [-0.2, -0.15) is 0 Å². The molecule has 10 heavy (non-hydrogen) atoms. The lowest BCUT2D eigenvalue weighted by Crippen LogP contribution is -1.77. The molecular weight excluding hydrogens is 142 g/mol. The zero-order valence-corrected chi connectivity index (χ0v) is 7.33. The van der Waals surface area contributed by atoms with Crippen molar-refractivity contribution < 1.29 is 0 Å². The highest BCUT2D eigenvalue weighted by atomic mass is 32.1. The number of nitrogens with zero attached hydrogens (tertiary/aromatic N) is 1. The Bertz CT molecular complexity index is 248. The van der Waals surface area contributed by atoms with Crippen LogP contribution in [0, 0.1) is 6.92 Å². The number of rotatable bonds is 1. The second-order valence-electron chi connectivity index (χ2n) is 2.24. The SMILES string of the molecule is C/C=C(\C)c1scnc1C. The number of thiazole rings is 1. The molecule has 1 aromatic rings. The summed E-state index contributed by atoms with van der Waals surface area (Å²) in [6.07, 6.45) is 2.11. The predicted octanol–water partition coefficient (Wildman–Crippen LogP) is 2.87. The molecule has 0 aliphatic heterocycles. The van der Waals surface area contributed by atoms with E-state index in [-0.39, 0.29) is 0 Å². The Morgan fingerprint density at radius 3 is 2.80 bits per heavy atom. The lowest BCUT2D eigenvalue weighted by molar-refractivity contribution is 1.25. The van der Waals surface area contributed by atoms with Crippen LogP contribution in [0.15, 0.2) is 11.6 Å². The molecular formula is C8H11NS. The second-order valence-corrected chi connectivity index (χ2v) is 3.09. The van der Waals surface area contributed by atoms with Crippen LogP contribution in [0.3, 0.4) is 0 Å². The van der Waals surface area contributed by atoms with Gasteiger partial charge in [-0.3, -0.25) is 0 Å². The fourth-order valence-corrected chi connectivity index (χ4v) is 1.65. The molecule has 2 heteroatoms. The first-order valence-electron chi connectivity index (χ1n) is 3.29. The average Bonchev–Trinajstić information content (AvgIpc) is 2.34. The molecule has 0 fully saturated rings. The molecule has 1 aromatic heterocycles. The Balaban J connectivity index is 3.05. The number of allylic oxidation sites excluding steroid dienone is 2. The van der Waals surface area contributed by atoms with Gasteiger partial charge in [-0.15, -0.1) is 11.3 Å². The minimum Gasteiger partial charge on any atom is -0.249 e. The molecule has 1 nitrogen and oxygen atoms in total. The molecule has 0 amide bonds. The standard InChI is InChI=1S/C8H11NS/c1-4-6(2)8-7(3)9-5-10-8/h4-5H,1-3H3/b6-4+. The van der Waals surface area contributed by atoms with Crippen LogP contribution in [0.1, 0.15) is 24.4 Å². The largest absolute Gasteiger partial charge is 0.249 e. The van der Waals surface area contributed by atoms with Crippen LogP contribution in [0.4, 0.5) is 0 Å². The van der Waals surface area contributed by atoms with Gasteiger partial charge in [0.15, 0.2) is 0 Å². The smallest absolute Gasteiger partial charge is 0.0801 e. The molecule has 1 rings (SSSR count). The first kappa shape index (κ1) is 7.48. The number of aromatic nitrogens is 1. The van der Waals surface area contributed by atoms with E-state index in [0.29, 0.717) is 0 Å². The van der Waals surface area contributed by atoms with Gasteiger partial charge in [-0.05, 0) is 26.3 Å². The van der Waals surface area contributed by atoms with Crippen molar-refractivity contribution in [3.63, 3.8) is 0 Å². The molecule has 0 saturated heterocycles. The highest BCUT2D eigenvalue weighted by molar-refractivity contribution is 7.10. The van der Waals surface area contributed by atoms with E-state index in [1.165, 1.54) is 10.5 Å². The first-order chi connectivity index (χ1) is 4.75. The van der Waals surface area contributed by atoms with Gasteiger partial charge in [-0.1, -0.05) is 6.08 Å². The summed E-state index contributed by atoms with van der Waals surface area (Å²) in [6.45, 7) is 6.20. The zero-order valence-electron chi connectivity index (χ0n) is 6.51. The van der Waals surface area contributed by atoms with Crippen molar-refractivity contribution in [2.75, 3.05) is 0 Å². The van der Waals surface area contributed by atoms with Gasteiger partial charge < -0.3 is 0 Å². The summed E-state index contributed by atoms with van der Waals surface area (Å²) < 4.78 is 0. The van der Waals surface area contributed by atoms with E-state index in [4.69, 9.17) is 0 Å². The molecule has 0 N–H and O–H groups in total. The number of hydrogen-bond donors (Lipinski definition) is 0. The lowest BCUT2D eigenvalue weighted by atomic mass is 10.2. The highest BCUT2D eigenvalue weighted by Gasteiger charge is 2.00. The maximum absolute atomic E-state index is 4.16. The molecule has 0 aromatic carbocycles. The molecule has 0 saturated carbocycles. The maximum atomic E-state index is 4.16. The fraction of sp³-hybridized carbons (Fsp3) is 0.375. The van der Waals surface area contributed by atoms with Crippen molar-refractivity contribution in [1.82, 2.24) is 4.98 Å². The van der Waals surface area contributed by atoms with E-state index >= 15 is 0 Å². The molecule has 0 unspecified atom stereocenters. The number of hydrogen-bond acceptors (Lipinski definition) is 2. The summed E-state index contributed by atoms with van der Waals surface area (Å²) in [5.74, 6) is 0. The Morgan fingerprint density at radius 1 is 1.70 bits per heavy atom. The van der Waals surface area contributed by atoms with Crippen LogP contribution < -0.4 is 0 Å². The summed E-state index contributed by atoms with van der Waals surface area (Å²) in [5, 5.41) is 0. The molecule has 0 atom stereocenters. The Morgan fingerprint density at radius 2 is 2.40 bits per heavy atom. The quantitative estimate of drug-likeness (QED) is 0.604. The van der Waals surface area contributed by atoms with Crippen LogP contribution in [0.2, 0.25) is 0 Å². The monoisotopic (exact) mass is 153 g/mol. The molecule has 0 aliphatic carbocycles. The summed E-state index contributed by atoms with van der Waals surface area (Å²) in [7, 11) is 0. The van der Waals surface area contributed by atoms with Gasteiger partial charge in [0.1, 0.15) is 0 Å². The van der Waals surface area contributed by atoms with Crippen LogP contribution in [0.25, 0.3) is 5.57 Å². The van der Waals surface area contributed by atoms with E-state index in [9.17, 15) is 0 Å². The van der Waals surface area contributed by atoms with Crippen LogP contribution in [0.5, 0.6) is 0 Å². The molecule has 1 heterocycles. The third-order valence-corrected chi connectivity index (χ3v) is 2.60. The summed E-state index contributed by atoms with van der Waals surface area (Å²) in [6, 6.07) is 0. The molecule has 0 spiro atoms. The topological polar surface area (TPSA) is 12.9 Å². The zero-order chi connectivity index (χ0) is 7.56. The first-order valence-corrected chi connectivity index (χ1v) is 4.17. The summed E-state index contributed by atoms with van der Waals surface area (Å²) >= 11 is 1.70. The van der Waals surface area contributed by atoms with Gasteiger partial charge in [0.25, 0.3) is 0 Å². The average molecular weight is 153 g/mol. The van der Waals surface area contributed by atoms with E-state index in [2.05, 4.69) is 24.9 Å². The van der Waals surface area contributed by atoms with Crippen LogP contribution in [-0.2, 0) is 0 Å². The van der Waals surface area contributed by atoms with Crippen LogP contribution >= 0.6 is 11.3 Å². The molecule has 0 radical (unpaired) electrons. The van der Waals surface area contributed by atoms with E-state index < -0.39 is 0 Å². The number of aryl methyl sites for hydroxylation is 1. The molecule has 0 aliphatic rings. The minimum atomic E-state index is 1.14. The van der Waals surface area contributed by atoms with E-state index in [1.54, 1.807) is 11.3 Å². The molecule has 54 valence electrons. The van der Waals surface area contributed by atoms with E-state index in [0.717, 1.165) is 5.69 Å². The van der Waals surface area contributed by atoms with Gasteiger partial charge in [0, 0.05) is 0 Å².